The molecule has 10 nitrogen and oxygen atoms in total. The van der Waals surface area contributed by atoms with Crippen LogP contribution < -0.4 is 9.47 Å². The maximum atomic E-state index is 12.2. The molecule has 3 aliphatic rings. The molecule has 2 unspecified atom stereocenters. The van der Waals surface area contributed by atoms with Gasteiger partial charge in [-0.2, -0.15) is 0 Å². The number of para-hydroxylation sites is 1. The van der Waals surface area contributed by atoms with Crippen LogP contribution in [0.4, 0.5) is 0 Å². The van der Waals surface area contributed by atoms with Crippen molar-refractivity contribution in [2.24, 2.45) is 0 Å². The summed E-state index contributed by atoms with van der Waals surface area (Å²) < 4.78 is 25.5. The molecule has 0 radical (unpaired) electrons. The smallest absolute Gasteiger partial charge is 0.356 e. The first-order valence-corrected chi connectivity index (χ1v) is 14.8. The predicted molar refractivity (Wildman–Crippen MR) is 160 cm³/mol. The van der Waals surface area contributed by atoms with E-state index < -0.39 is 11.8 Å². The third kappa shape index (κ3) is 5.03. The molecule has 43 heavy (non-hydrogen) atoms. The van der Waals surface area contributed by atoms with Gasteiger partial charge >= 0.3 is 5.97 Å². The van der Waals surface area contributed by atoms with Crippen molar-refractivity contribution in [3.63, 3.8) is 0 Å². The van der Waals surface area contributed by atoms with Crippen LogP contribution >= 0.6 is 11.6 Å². The summed E-state index contributed by atoms with van der Waals surface area (Å²) in [6.45, 7) is 7.00. The minimum Gasteiger partial charge on any atom is -0.464 e. The van der Waals surface area contributed by atoms with Crippen LogP contribution in [0.25, 0.3) is 16.7 Å². The highest BCUT2D eigenvalue weighted by molar-refractivity contribution is 6.30. The lowest BCUT2D eigenvalue weighted by atomic mass is 9.97. The number of halogens is 1. The highest BCUT2D eigenvalue weighted by atomic mass is 35.5. The van der Waals surface area contributed by atoms with Crippen LogP contribution in [0.1, 0.15) is 60.3 Å². The minimum atomic E-state index is -1.04. The number of carbonyl (C=O) groups excluding carboxylic acids is 1. The van der Waals surface area contributed by atoms with E-state index >= 15 is 0 Å². The molecule has 3 aliphatic heterocycles. The average Bonchev–Trinajstić information content (AvgIpc) is 3.55. The van der Waals surface area contributed by atoms with E-state index in [1.54, 1.807) is 18.3 Å². The molecule has 1 saturated heterocycles. The van der Waals surface area contributed by atoms with Gasteiger partial charge in [-0.25, -0.2) is 14.8 Å². The van der Waals surface area contributed by atoms with Gasteiger partial charge in [0.05, 0.1) is 30.8 Å². The molecule has 4 aromatic rings. The van der Waals surface area contributed by atoms with E-state index in [1.165, 1.54) is 12.7 Å². The third-order valence-corrected chi connectivity index (χ3v) is 8.70. The van der Waals surface area contributed by atoms with E-state index in [-0.39, 0.29) is 17.8 Å². The molecule has 1 fully saturated rings. The fourth-order valence-corrected chi connectivity index (χ4v) is 6.05. The number of hydrogen-bond donors (Lipinski definition) is 0. The molecule has 6 heterocycles. The first-order chi connectivity index (χ1) is 20.8. The maximum absolute atomic E-state index is 12.2. The Kier molecular flexibility index (Phi) is 7.07. The monoisotopic (exact) mass is 601 g/mol. The summed E-state index contributed by atoms with van der Waals surface area (Å²) >= 11 is 6.05. The zero-order chi connectivity index (χ0) is 29.7. The zero-order valence-corrected chi connectivity index (χ0v) is 25.0. The lowest BCUT2D eigenvalue weighted by Gasteiger charge is -2.33. The van der Waals surface area contributed by atoms with Crippen LogP contribution in [0, 0.1) is 0 Å². The summed E-state index contributed by atoms with van der Waals surface area (Å²) in [6.07, 6.45) is 5.78. The first kappa shape index (κ1) is 27.8. The van der Waals surface area contributed by atoms with Gasteiger partial charge in [0, 0.05) is 38.4 Å². The second-order valence-corrected chi connectivity index (χ2v) is 11.6. The quantitative estimate of drug-likeness (QED) is 0.252. The molecule has 3 atom stereocenters. The van der Waals surface area contributed by atoms with Gasteiger partial charge in [-0.1, -0.05) is 29.8 Å². The van der Waals surface area contributed by atoms with Crippen LogP contribution in [0.2, 0.25) is 5.02 Å². The van der Waals surface area contributed by atoms with Crippen LogP contribution in [0.15, 0.2) is 54.7 Å². The van der Waals surface area contributed by atoms with Gasteiger partial charge in [0.2, 0.25) is 0 Å². The molecule has 11 heteroatoms. The zero-order valence-electron chi connectivity index (χ0n) is 24.2. The Balaban J connectivity index is 1.14. The molecule has 7 rings (SSSR count). The lowest BCUT2D eigenvalue weighted by molar-refractivity contribution is -0.0718. The molecule has 0 N–H and O–H groups in total. The number of carbonyl (C=O) groups is 1. The van der Waals surface area contributed by atoms with E-state index in [9.17, 15) is 4.79 Å². The van der Waals surface area contributed by atoms with Crippen LogP contribution in [-0.2, 0) is 21.8 Å². The summed E-state index contributed by atoms with van der Waals surface area (Å²) in [6, 6.07) is 13.1. The van der Waals surface area contributed by atoms with Gasteiger partial charge in [-0.05, 0) is 55.7 Å². The summed E-state index contributed by atoms with van der Waals surface area (Å²) in [5, 5.41) is 0.559. The molecule has 0 bridgehead atoms. The Bertz CT molecular complexity index is 1730. The summed E-state index contributed by atoms with van der Waals surface area (Å²) in [5.74, 6) is 0.817. The highest BCUT2D eigenvalue weighted by Gasteiger charge is 2.41. The van der Waals surface area contributed by atoms with Crippen molar-refractivity contribution in [1.29, 1.82) is 0 Å². The second kappa shape index (κ2) is 10.9. The van der Waals surface area contributed by atoms with Gasteiger partial charge in [0.1, 0.15) is 17.0 Å². The standard InChI is InChI=1S/C32H32ClN5O5/c1-19(29-35-24-8-9-25(31(39)40-3)36-30(24)38(29)18-22-13-16-41-22)37-14-11-20(12-15-37)23-5-4-6-26-28(23)43-32(2,42-26)27-10-7-21(33)17-34-27/h4-11,17,19,22H,12-16,18H2,1-3H3/t19?,22-,32?/m0/s1. The largest absolute Gasteiger partial charge is 0.464 e. The van der Waals surface area contributed by atoms with Gasteiger partial charge in [0.15, 0.2) is 22.8 Å². The number of fused-ring (bicyclic) bond motifs is 2. The molecule has 3 aromatic heterocycles. The van der Waals surface area contributed by atoms with Crippen LogP contribution in [0.5, 0.6) is 11.5 Å². The Morgan fingerprint density at radius 3 is 2.74 bits per heavy atom. The van der Waals surface area contributed by atoms with E-state index in [0.29, 0.717) is 28.7 Å². The van der Waals surface area contributed by atoms with Crippen molar-refractivity contribution in [2.75, 3.05) is 26.8 Å². The minimum absolute atomic E-state index is 0.00833. The fraction of sp³-hybridized carbons (Fsp3) is 0.375. The number of ether oxygens (including phenoxy) is 4. The van der Waals surface area contributed by atoms with Crippen LogP contribution in [0.3, 0.4) is 0 Å². The molecular formula is C32H32ClN5O5. The van der Waals surface area contributed by atoms with Crippen molar-refractivity contribution in [3.05, 3.63) is 82.5 Å². The lowest BCUT2D eigenvalue weighted by Crippen LogP contribution is -2.35. The Morgan fingerprint density at radius 2 is 2.05 bits per heavy atom. The number of imidazole rings is 1. The van der Waals surface area contributed by atoms with Gasteiger partial charge in [-0.3, -0.25) is 9.88 Å². The molecule has 222 valence electrons. The predicted octanol–water partition coefficient (Wildman–Crippen LogP) is 5.55. The number of methoxy groups -OCH3 is 1. The second-order valence-electron chi connectivity index (χ2n) is 11.2. The fourth-order valence-electron chi connectivity index (χ4n) is 5.94. The summed E-state index contributed by atoms with van der Waals surface area (Å²) in [4.78, 5) is 28.6. The number of nitrogens with zero attached hydrogens (tertiary/aromatic N) is 5. The molecule has 0 aliphatic carbocycles. The Labute approximate surface area is 254 Å². The molecule has 0 amide bonds. The normalized spacial score (nSPS) is 22.2. The van der Waals surface area contributed by atoms with Crippen molar-refractivity contribution in [3.8, 4) is 11.5 Å². The number of hydrogen-bond acceptors (Lipinski definition) is 9. The van der Waals surface area contributed by atoms with Gasteiger partial charge in [0.25, 0.3) is 5.79 Å². The first-order valence-electron chi connectivity index (χ1n) is 14.5. The SMILES string of the molecule is COC(=O)c1ccc2nc(C(C)N3CC=C(c4cccc5c4OC(C)(c4ccc(Cl)cn4)O5)CC3)n(C[C@@H]3CCO3)c2n1. The number of rotatable bonds is 7. The Morgan fingerprint density at radius 1 is 1.19 bits per heavy atom. The number of esters is 1. The van der Waals surface area contributed by atoms with Gasteiger partial charge < -0.3 is 23.5 Å². The van der Waals surface area contributed by atoms with Crippen molar-refractivity contribution >= 4 is 34.3 Å². The van der Waals surface area contributed by atoms with E-state index in [2.05, 4.69) is 38.5 Å². The van der Waals surface area contributed by atoms with E-state index in [0.717, 1.165) is 55.2 Å². The van der Waals surface area contributed by atoms with Gasteiger partial charge in [-0.15, -0.1) is 0 Å². The topological polar surface area (TPSA) is 101 Å². The molecular weight excluding hydrogens is 570 g/mol. The molecule has 1 aromatic carbocycles. The Hall–Kier alpha value is -3.99. The van der Waals surface area contributed by atoms with E-state index in [1.807, 2.05) is 31.2 Å². The van der Waals surface area contributed by atoms with Crippen molar-refractivity contribution < 1.29 is 23.7 Å². The third-order valence-electron chi connectivity index (χ3n) is 8.48. The van der Waals surface area contributed by atoms with Crippen molar-refractivity contribution in [1.82, 2.24) is 24.4 Å². The van der Waals surface area contributed by atoms with E-state index in [4.69, 9.17) is 35.5 Å². The summed E-state index contributed by atoms with van der Waals surface area (Å²) in [5.41, 5.74) is 4.57. The van der Waals surface area contributed by atoms with Crippen LogP contribution in [-0.4, -0.2) is 63.3 Å². The number of aromatic nitrogens is 4. The number of benzene rings is 1. The summed E-state index contributed by atoms with van der Waals surface area (Å²) in [7, 11) is 1.36. The molecule has 0 saturated carbocycles. The maximum Gasteiger partial charge on any atom is 0.356 e. The highest BCUT2D eigenvalue weighted by Crippen LogP contribution is 2.48. The number of pyridine rings is 2. The average molecular weight is 602 g/mol. The van der Waals surface area contributed by atoms with Crippen molar-refractivity contribution in [2.45, 2.75) is 51.2 Å². The molecule has 0 spiro atoms.